The first kappa shape index (κ1) is 27.3. The highest BCUT2D eigenvalue weighted by atomic mass is 32.2. The van der Waals surface area contributed by atoms with Gasteiger partial charge in [-0.05, 0) is 98.2 Å². The van der Waals surface area contributed by atoms with Crippen LogP contribution < -0.4 is 10.2 Å². The zero-order valence-corrected chi connectivity index (χ0v) is 25.2. The van der Waals surface area contributed by atoms with Crippen LogP contribution in [0.5, 0.6) is 0 Å². The van der Waals surface area contributed by atoms with Crippen LogP contribution in [0.3, 0.4) is 0 Å². The molecular formula is C31H41N7OS. The number of nitrogens with zero attached hydrogens (tertiary/aromatic N) is 6. The Morgan fingerprint density at radius 1 is 1.15 bits per heavy atom. The summed E-state index contributed by atoms with van der Waals surface area (Å²) in [6, 6.07) is 8.71. The Bertz CT molecular complexity index is 1410. The van der Waals surface area contributed by atoms with E-state index in [1.165, 1.54) is 23.3 Å². The van der Waals surface area contributed by atoms with Gasteiger partial charge >= 0.3 is 0 Å². The summed E-state index contributed by atoms with van der Waals surface area (Å²) in [4.78, 5) is 24.6. The minimum atomic E-state index is -0.231. The van der Waals surface area contributed by atoms with Crippen molar-refractivity contribution in [1.29, 1.82) is 0 Å². The van der Waals surface area contributed by atoms with Crippen molar-refractivity contribution < 1.29 is 4.79 Å². The van der Waals surface area contributed by atoms with Crippen molar-refractivity contribution in [2.75, 3.05) is 36.1 Å². The van der Waals surface area contributed by atoms with Gasteiger partial charge < -0.3 is 9.88 Å². The van der Waals surface area contributed by atoms with E-state index in [9.17, 15) is 4.79 Å². The number of nitrogens with one attached hydrogen (secondary N) is 1. The largest absolute Gasteiger partial charge is 0.370 e. The number of aryl methyl sites for hydroxylation is 1. The number of carbonyl (C=O) groups excluding carboxylic acids is 1. The smallest absolute Gasteiger partial charge is 0.260 e. The average Bonchev–Trinajstić information content (AvgIpc) is 3.49. The molecule has 1 N–H and O–H groups in total. The summed E-state index contributed by atoms with van der Waals surface area (Å²) in [5, 5.41) is 12.2. The van der Waals surface area contributed by atoms with Crippen molar-refractivity contribution in [2.45, 2.75) is 69.9 Å². The van der Waals surface area contributed by atoms with Gasteiger partial charge in [0.2, 0.25) is 0 Å². The van der Waals surface area contributed by atoms with Crippen molar-refractivity contribution in [1.82, 2.24) is 24.6 Å². The van der Waals surface area contributed by atoms with E-state index in [1.807, 2.05) is 16.5 Å². The monoisotopic (exact) mass is 559 g/mol. The van der Waals surface area contributed by atoms with Crippen molar-refractivity contribution in [3.05, 3.63) is 58.7 Å². The minimum absolute atomic E-state index is 0.0425. The number of amides is 1. The van der Waals surface area contributed by atoms with Crippen LogP contribution in [0, 0.1) is 11.8 Å². The second-order valence-corrected chi connectivity index (χ2v) is 13.0. The standard InChI is InChI=1S/C31H41N7OS/c1-6-32-27-12-23(31(14-21(3)15-31)30-35-33-19-36(30)4)13-28(34-27)38-18-25-24(29(38)39)10-22(11-26(25)40-5)17-37-9-7-8-20(2)16-37/h10-13,19-21H,6-9,14-18H2,1-5H3,(H,32,34)/t20-,21-,31+/m0/s1. The van der Waals surface area contributed by atoms with E-state index >= 15 is 0 Å². The molecule has 6 rings (SSSR count). The van der Waals surface area contributed by atoms with Crippen LogP contribution in [0.15, 0.2) is 35.5 Å². The molecular weight excluding hydrogens is 518 g/mol. The first-order chi connectivity index (χ1) is 19.3. The highest BCUT2D eigenvalue weighted by Gasteiger charge is 2.49. The fourth-order valence-corrected chi connectivity index (χ4v) is 7.86. The Labute approximate surface area is 241 Å². The number of aromatic nitrogens is 4. The summed E-state index contributed by atoms with van der Waals surface area (Å²) in [5.74, 6) is 3.84. The molecule has 2 aliphatic heterocycles. The lowest BCUT2D eigenvalue weighted by Gasteiger charge is -2.46. The summed E-state index contributed by atoms with van der Waals surface area (Å²) in [6.07, 6.45) is 8.44. The van der Waals surface area contributed by atoms with Gasteiger partial charge in [-0.1, -0.05) is 13.8 Å². The molecule has 1 aliphatic carbocycles. The van der Waals surface area contributed by atoms with Gasteiger partial charge in [-0.15, -0.1) is 22.0 Å². The number of thioether (sulfide) groups is 1. The van der Waals surface area contributed by atoms with E-state index in [-0.39, 0.29) is 11.3 Å². The molecule has 3 aromatic rings. The topological polar surface area (TPSA) is 79.2 Å². The maximum atomic E-state index is 14.0. The number of hydrogen-bond donors (Lipinski definition) is 1. The summed E-state index contributed by atoms with van der Waals surface area (Å²) >= 11 is 1.73. The molecule has 8 nitrogen and oxygen atoms in total. The maximum Gasteiger partial charge on any atom is 0.260 e. The number of benzene rings is 1. The van der Waals surface area contributed by atoms with E-state index in [4.69, 9.17) is 4.98 Å². The zero-order valence-electron chi connectivity index (χ0n) is 24.4. The third-order valence-corrected chi connectivity index (χ3v) is 9.76. The number of fused-ring (bicyclic) bond motifs is 1. The maximum absolute atomic E-state index is 14.0. The Morgan fingerprint density at radius 3 is 2.65 bits per heavy atom. The van der Waals surface area contributed by atoms with E-state index in [0.29, 0.717) is 18.3 Å². The predicted molar refractivity (Wildman–Crippen MR) is 161 cm³/mol. The number of rotatable bonds is 8. The predicted octanol–water partition coefficient (Wildman–Crippen LogP) is 5.47. The Balaban J connectivity index is 1.36. The van der Waals surface area contributed by atoms with Crippen LogP contribution in [-0.4, -0.2) is 56.4 Å². The van der Waals surface area contributed by atoms with Crippen molar-refractivity contribution >= 4 is 29.3 Å². The number of likely N-dealkylation sites (tertiary alicyclic amines) is 1. The molecule has 9 heteroatoms. The van der Waals surface area contributed by atoms with E-state index < -0.39 is 0 Å². The lowest BCUT2D eigenvalue weighted by molar-refractivity contribution is 0.0995. The molecule has 1 aromatic carbocycles. The molecule has 3 aliphatic rings. The summed E-state index contributed by atoms with van der Waals surface area (Å²) in [5.41, 5.74) is 4.09. The van der Waals surface area contributed by atoms with Crippen LogP contribution in [0.2, 0.25) is 0 Å². The minimum Gasteiger partial charge on any atom is -0.370 e. The van der Waals surface area contributed by atoms with Crippen LogP contribution in [0.1, 0.15) is 79.3 Å². The van der Waals surface area contributed by atoms with E-state index in [0.717, 1.165) is 73.3 Å². The molecule has 1 saturated carbocycles. The molecule has 0 radical (unpaired) electrons. The van der Waals surface area contributed by atoms with Gasteiger partial charge in [0.25, 0.3) is 5.91 Å². The molecule has 212 valence electrons. The number of piperidine rings is 1. The fraction of sp³-hybridized carbons (Fsp3) is 0.548. The van der Waals surface area contributed by atoms with Crippen LogP contribution in [0.4, 0.5) is 11.6 Å². The first-order valence-electron chi connectivity index (χ1n) is 14.7. The van der Waals surface area contributed by atoms with Gasteiger partial charge in [0.15, 0.2) is 0 Å². The number of hydrogen-bond acceptors (Lipinski definition) is 7. The van der Waals surface area contributed by atoms with Gasteiger partial charge in [0, 0.05) is 37.1 Å². The van der Waals surface area contributed by atoms with Crippen LogP contribution in [0.25, 0.3) is 0 Å². The lowest BCUT2D eigenvalue weighted by Crippen LogP contribution is -2.43. The van der Waals surface area contributed by atoms with Gasteiger partial charge in [-0.2, -0.15) is 0 Å². The number of anilines is 2. The molecule has 1 saturated heterocycles. The molecule has 1 atom stereocenters. The van der Waals surface area contributed by atoms with E-state index in [1.54, 1.807) is 18.1 Å². The SMILES string of the molecule is CCNc1cc([C@]2(c3nncn3C)C[C@@H](C)C2)cc(N2Cc3c(SC)cc(CN4CCC[C@H](C)C4)cc3C2=O)n1. The normalized spacial score (nSPS) is 24.7. The fourth-order valence-electron chi connectivity index (χ4n) is 7.17. The molecule has 40 heavy (non-hydrogen) atoms. The number of pyridine rings is 1. The summed E-state index contributed by atoms with van der Waals surface area (Å²) in [6.45, 7) is 11.2. The van der Waals surface area contributed by atoms with Gasteiger partial charge in [-0.3, -0.25) is 14.6 Å². The average molecular weight is 560 g/mol. The van der Waals surface area contributed by atoms with Crippen LogP contribution >= 0.6 is 11.8 Å². The quantitative estimate of drug-likeness (QED) is 0.367. The van der Waals surface area contributed by atoms with Crippen molar-refractivity contribution in [2.24, 2.45) is 18.9 Å². The zero-order chi connectivity index (χ0) is 28.0. The van der Waals surface area contributed by atoms with Gasteiger partial charge in [-0.25, -0.2) is 4.98 Å². The third-order valence-electron chi connectivity index (χ3n) is 8.96. The third kappa shape index (κ3) is 4.81. The molecule has 1 amide bonds. The highest BCUT2D eigenvalue weighted by Crippen LogP contribution is 2.52. The molecule has 4 heterocycles. The Hall–Kier alpha value is -2.91. The summed E-state index contributed by atoms with van der Waals surface area (Å²) in [7, 11) is 2.01. The van der Waals surface area contributed by atoms with E-state index in [2.05, 4.69) is 71.7 Å². The van der Waals surface area contributed by atoms with Crippen molar-refractivity contribution in [3.63, 3.8) is 0 Å². The van der Waals surface area contributed by atoms with Crippen LogP contribution in [-0.2, 0) is 25.6 Å². The Morgan fingerprint density at radius 2 is 1.98 bits per heavy atom. The highest BCUT2D eigenvalue weighted by molar-refractivity contribution is 7.98. The molecule has 2 aromatic heterocycles. The first-order valence-corrected chi connectivity index (χ1v) is 15.9. The molecule has 2 fully saturated rings. The number of carbonyl (C=O) groups is 1. The second-order valence-electron chi connectivity index (χ2n) is 12.2. The van der Waals surface area contributed by atoms with Crippen molar-refractivity contribution in [3.8, 4) is 0 Å². The molecule has 0 spiro atoms. The Kier molecular flexibility index (Phi) is 7.38. The molecule has 0 unspecified atom stereocenters. The summed E-state index contributed by atoms with van der Waals surface area (Å²) < 4.78 is 2.03. The second kappa shape index (κ2) is 10.8. The molecule has 0 bridgehead atoms. The van der Waals surface area contributed by atoms with Gasteiger partial charge in [0.1, 0.15) is 23.8 Å². The van der Waals surface area contributed by atoms with Gasteiger partial charge in [0.05, 0.1) is 12.0 Å². The lowest BCUT2D eigenvalue weighted by atomic mass is 9.58.